The summed E-state index contributed by atoms with van der Waals surface area (Å²) in [5, 5.41) is 0. The first-order chi connectivity index (χ1) is 14.2. The van der Waals surface area contributed by atoms with Crippen molar-refractivity contribution in [3.63, 3.8) is 0 Å². The summed E-state index contributed by atoms with van der Waals surface area (Å²) in [6.07, 6.45) is 12.0. The second kappa shape index (κ2) is 8.27. The Morgan fingerprint density at radius 1 is 1.14 bits per heavy atom. The monoisotopic (exact) mass is 395 g/mol. The van der Waals surface area contributed by atoms with E-state index in [-0.39, 0.29) is 5.92 Å². The van der Waals surface area contributed by atoms with Crippen LogP contribution in [-0.4, -0.2) is 53.0 Å². The van der Waals surface area contributed by atoms with E-state index in [1.165, 1.54) is 53.8 Å². The van der Waals surface area contributed by atoms with Crippen LogP contribution in [0.4, 0.5) is 0 Å². The number of fused-ring (bicyclic) bond motifs is 2. The third kappa shape index (κ3) is 3.91. The Balaban J connectivity index is 1.27. The summed E-state index contributed by atoms with van der Waals surface area (Å²) < 4.78 is 5.52. The number of ether oxygens (including phenoxy) is 1. The van der Waals surface area contributed by atoms with Crippen LogP contribution in [0.3, 0.4) is 0 Å². The average Bonchev–Trinajstić information content (AvgIpc) is 3.13. The van der Waals surface area contributed by atoms with Crippen LogP contribution in [0.5, 0.6) is 0 Å². The van der Waals surface area contributed by atoms with Crippen LogP contribution in [0.25, 0.3) is 5.57 Å². The van der Waals surface area contributed by atoms with Crippen molar-refractivity contribution in [1.82, 2.24) is 14.9 Å². The van der Waals surface area contributed by atoms with E-state index in [2.05, 4.69) is 9.88 Å². The third-order valence-corrected chi connectivity index (χ3v) is 7.79. The largest absolute Gasteiger partial charge is 0.379 e. The number of Topliss-reactive ketones (excluding diaryl/α,β-unsaturated/α-hetero) is 1. The summed E-state index contributed by atoms with van der Waals surface area (Å²) in [6, 6.07) is 0.746. The van der Waals surface area contributed by atoms with E-state index in [1.807, 2.05) is 0 Å². The highest BCUT2D eigenvalue weighted by Gasteiger charge is 2.34. The number of nitrogens with zero attached hydrogens (tertiary/aromatic N) is 3. The Hall–Kier alpha value is -1.59. The van der Waals surface area contributed by atoms with Crippen molar-refractivity contribution < 1.29 is 9.53 Å². The van der Waals surface area contributed by atoms with Gasteiger partial charge in [-0.2, -0.15) is 0 Å². The fourth-order valence-corrected chi connectivity index (χ4v) is 6.05. The number of carbonyl (C=O) groups excluding carboxylic acids is 1. The smallest absolute Gasteiger partial charge is 0.133 e. The molecule has 2 fully saturated rings. The molecule has 1 atom stereocenters. The minimum atomic E-state index is 0.191. The third-order valence-electron chi connectivity index (χ3n) is 7.79. The summed E-state index contributed by atoms with van der Waals surface area (Å²) in [5.74, 6) is 1.25. The maximum atomic E-state index is 12.0. The normalized spacial score (nSPS) is 30.2. The number of hydrogen-bond donors (Lipinski definition) is 0. The maximum Gasteiger partial charge on any atom is 0.133 e. The predicted octanol–water partition coefficient (Wildman–Crippen LogP) is 3.61. The molecule has 0 radical (unpaired) electrons. The zero-order valence-corrected chi connectivity index (χ0v) is 17.7. The molecule has 5 rings (SSSR count). The highest BCUT2D eigenvalue weighted by molar-refractivity contribution is 5.85. The molecule has 29 heavy (non-hydrogen) atoms. The molecule has 0 unspecified atom stereocenters. The van der Waals surface area contributed by atoms with Gasteiger partial charge in [0.2, 0.25) is 0 Å². The highest BCUT2D eigenvalue weighted by atomic mass is 16.5. The summed E-state index contributed by atoms with van der Waals surface area (Å²) in [7, 11) is 0. The number of morpholine rings is 1. The number of carbonyl (C=O) groups is 1. The Morgan fingerprint density at radius 3 is 2.69 bits per heavy atom. The van der Waals surface area contributed by atoms with Crippen LogP contribution in [0.1, 0.15) is 68.8 Å². The first-order valence-electron chi connectivity index (χ1n) is 11.5. The van der Waals surface area contributed by atoms with E-state index >= 15 is 0 Å². The summed E-state index contributed by atoms with van der Waals surface area (Å²) in [4.78, 5) is 24.0. The van der Waals surface area contributed by atoms with E-state index in [9.17, 15) is 4.79 Å². The first-order valence-corrected chi connectivity index (χ1v) is 11.5. The highest BCUT2D eigenvalue weighted by Crippen LogP contribution is 2.45. The lowest BCUT2D eigenvalue weighted by molar-refractivity contribution is -0.120. The van der Waals surface area contributed by atoms with Gasteiger partial charge in [0.25, 0.3) is 0 Å². The second-order valence-electron chi connectivity index (χ2n) is 9.48. The van der Waals surface area contributed by atoms with E-state index in [0.29, 0.717) is 5.78 Å². The molecule has 1 saturated carbocycles. The molecule has 0 N–H and O–H groups in total. The molecule has 4 aliphatic rings. The van der Waals surface area contributed by atoms with E-state index < -0.39 is 0 Å². The Bertz CT molecular complexity index is 804. The van der Waals surface area contributed by atoms with Crippen LogP contribution in [0, 0.1) is 11.8 Å². The van der Waals surface area contributed by atoms with Crippen LogP contribution >= 0.6 is 0 Å². The molecule has 0 spiro atoms. The molecule has 156 valence electrons. The summed E-state index contributed by atoms with van der Waals surface area (Å²) in [5.41, 5.74) is 6.73. The average molecular weight is 396 g/mol. The van der Waals surface area contributed by atoms with Gasteiger partial charge in [-0.3, -0.25) is 9.69 Å². The van der Waals surface area contributed by atoms with Crippen molar-refractivity contribution in [2.24, 2.45) is 11.8 Å². The maximum absolute atomic E-state index is 12.0. The predicted molar refractivity (Wildman–Crippen MR) is 113 cm³/mol. The first kappa shape index (κ1) is 19.4. The van der Waals surface area contributed by atoms with Crippen LogP contribution in [0.2, 0.25) is 0 Å². The Morgan fingerprint density at radius 2 is 1.93 bits per heavy atom. The molecule has 1 aromatic heterocycles. The Kier molecular flexibility index (Phi) is 5.53. The van der Waals surface area contributed by atoms with Gasteiger partial charge >= 0.3 is 0 Å². The summed E-state index contributed by atoms with van der Waals surface area (Å²) in [6.45, 7) is 5.74. The van der Waals surface area contributed by atoms with Crippen molar-refractivity contribution in [2.45, 2.75) is 70.8 Å². The molecule has 1 aliphatic heterocycles. The number of ketones is 1. The van der Waals surface area contributed by atoms with Gasteiger partial charge in [0.1, 0.15) is 12.1 Å². The lowest BCUT2D eigenvalue weighted by atomic mass is 9.79. The number of allylic oxidation sites excluding steroid dienone is 2. The molecule has 1 aromatic rings. The van der Waals surface area contributed by atoms with Crippen molar-refractivity contribution in [3.05, 3.63) is 28.9 Å². The van der Waals surface area contributed by atoms with Crippen molar-refractivity contribution in [1.29, 1.82) is 0 Å². The van der Waals surface area contributed by atoms with Gasteiger partial charge in [0, 0.05) is 37.0 Å². The number of rotatable bonds is 4. The van der Waals surface area contributed by atoms with Crippen molar-refractivity contribution in [3.8, 4) is 0 Å². The molecule has 5 nitrogen and oxygen atoms in total. The molecule has 0 bridgehead atoms. The lowest BCUT2D eigenvalue weighted by Crippen LogP contribution is -2.45. The van der Waals surface area contributed by atoms with Crippen molar-refractivity contribution >= 4 is 11.4 Å². The fourth-order valence-electron chi connectivity index (χ4n) is 6.05. The van der Waals surface area contributed by atoms with E-state index in [4.69, 9.17) is 9.72 Å². The summed E-state index contributed by atoms with van der Waals surface area (Å²) >= 11 is 0. The second-order valence-corrected chi connectivity index (χ2v) is 9.48. The molecule has 0 aromatic carbocycles. The number of aromatic nitrogens is 2. The minimum absolute atomic E-state index is 0.191. The molecule has 5 heteroatoms. The molecular formula is C24H33N3O2. The number of hydrogen-bond acceptors (Lipinski definition) is 5. The molecule has 1 saturated heterocycles. The van der Waals surface area contributed by atoms with Gasteiger partial charge < -0.3 is 4.74 Å². The van der Waals surface area contributed by atoms with E-state index in [0.717, 1.165) is 70.4 Å². The van der Waals surface area contributed by atoms with Gasteiger partial charge in [0.05, 0.1) is 24.6 Å². The lowest BCUT2D eigenvalue weighted by Gasteiger charge is -2.38. The van der Waals surface area contributed by atoms with Gasteiger partial charge in [-0.1, -0.05) is 5.57 Å². The van der Waals surface area contributed by atoms with Crippen LogP contribution in [-0.2, 0) is 22.4 Å². The minimum Gasteiger partial charge on any atom is -0.379 e. The topological polar surface area (TPSA) is 55.3 Å². The zero-order valence-electron chi connectivity index (χ0n) is 17.7. The fraction of sp³-hybridized carbons (Fsp3) is 0.708. The molecular weight excluding hydrogens is 362 g/mol. The van der Waals surface area contributed by atoms with Crippen molar-refractivity contribution in [2.75, 3.05) is 26.3 Å². The zero-order chi connectivity index (χ0) is 19.8. The standard InChI is InChI=1S/C24H33N3O2/c1-16(28)18-4-5-19-14-23-24(21(19)13-18)22(25-15-26-23)12-17-2-6-20(7-3-17)27-8-10-29-11-9-27/h15,17-18,20H,2-14H2,1H3/t17-,18-,20-/m1/s1. The van der Waals surface area contributed by atoms with Gasteiger partial charge in [-0.25, -0.2) is 9.97 Å². The SMILES string of the molecule is CC(=O)[C@@H]1CCC2=C(C1)c1c(ncnc1C[C@H]1CC[C@H](N3CCOCC3)CC1)C2. The van der Waals surface area contributed by atoms with Gasteiger partial charge in [-0.15, -0.1) is 0 Å². The Labute approximate surface area is 173 Å². The molecule has 0 amide bonds. The van der Waals surface area contributed by atoms with E-state index in [1.54, 1.807) is 13.3 Å². The van der Waals surface area contributed by atoms with Crippen LogP contribution < -0.4 is 0 Å². The quantitative estimate of drug-likeness (QED) is 0.780. The van der Waals surface area contributed by atoms with Crippen LogP contribution in [0.15, 0.2) is 11.9 Å². The molecule has 3 aliphatic carbocycles. The van der Waals surface area contributed by atoms with Gasteiger partial charge in [-0.05, 0) is 69.8 Å². The molecule has 2 heterocycles. The van der Waals surface area contributed by atoms with Gasteiger partial charge in [0.15, 0.2) is 0 Å².